The first-order chi connectivity index (χ1) is 13.4. The Morgan fingerprint density at radius 2 is 1.79 bits per heavy atom. The number of pyridine rings is 1. The zero-order valence-corrected chi connectivity index (χ0v) is 16.2. The molecule has 0 radical (unpaired) electrons. The average Bonchev–Trinajstić information content (AvgIpc) is 3.16. The molecule has 2 aromatic rings. The molecular formula is C21H25N3O4. The quantitative estimate of drug-likeness (QED) is 0.824. The van der Waals surface area contributed by atoms with Crippen LogP contribution in [0.1, 0.15) is 26.7 Å². The van der Waals surface area contributed by atoms with Gasteiger partial charge in [0.05, 0.1) is 24.4 Å². The lowest BCUT2D eigenvalue weighted by Crippen LogP contribution is -2.53. The lowest BCUT2D eigenvalue weighted by molar-refractivity contribution is -0.189. The Labute approximate surface area is 164 Å². The number of aromatic nitrogens is 1. The summed E-state index contributed by atoms with van der Waals surface area (Å²) in [6, 6.07) is 9.38. The maximum absolute atomic E-state index is 13.1. The molecule has 4 rings (SSSR count). The minimum absolute atomic E-state index is 0.189. The molecule has 28 heavy (non-hydrogen) atoms. The molecule has 148 valence electrons. The second-order valence-corrected chi connectivity index (χ2v) is 7.86. The number of hydrogen-bond donors (Lipinski definition) is 1. The Morgan fingerprint density at radius 1 is 1.11 bits per heavy atom. The number of para-hydroxylation sites is 1. The second kappa shape index (κ2) is 7.14. The lowest BCUT2D eigenvalue weighted by atomic mass is 9.88. The molecule has 7 heteroatoms. The highest BCUT2D eigenvalue weighted by atomic mass is 16.7. The number of carbonyl (C=O) groups excluding carboxylic acids is 2. The SMILES string of the molecule is CC(C)(C(=O)Nc1cccc2cccnc12)C(=O)N1CCC2(CC1)OCCO2. The fourth-order valence-electron chi connectivity index (χ4n) is 3.81. The molecule has 7 nitrogen and oxygen atoms in total. The standard InChI is InChI=1S/C21H25N3O4/c1-20(2,19(26)24-11-8-21(9-12-24)27-13-14-28-21)18(25)23-16-7-3-5-15-6-4-10-22-17(15)16/h3-7,10H,8-9,11-14H2,1-2H3,(H,23,25). The zero-order valence-electron chi connectivity index (χ0n) is 16.2. The van der Waals surface area contributed by atoms with E-state index in [1.807, 2.05) is 24.3 Å². The molecular weight excluding hydrogens is 358 g/mol. The van der Waals surface area contributed by atoms with E-state index in [9.17, 15) is 9.59 Å². The van der Waals surface area contributed by atoms with Gasteiger partial charge in [-0.15, -0.1) is 0 Å². The predicted molar refractivity (Wildman–Crippen MR) is 105 cm³/mol. The van der Waals surface area contributed by atoms with Gasteiger partial charge in [-0.3, -0.25) is 14.6 Å². The highest BCUT2D eigenvalue weighted by molar-refractivity contribution is 6.12. The zero-order chi connectivity index (χ0) is 19.8. The van der Waals surface area contributed by atoms with Gasteiger partial charge in [0, 0.05) is 37.5 Å². The van der Waals surface area contributed by atoms with E-state index >= 15 is 0 Å². The van der Waals surface area contributed by atoms with Crippen molar-refractivity contribution in [2.24, 2.45) is 5.41 Å². The van der Waals surface area contributed by atoms with Gasteiger partial charge in [0.2, 0.25) is 11.8 Å². The number of amides is 2. The van der Waals surface area contributed by atoms with Crippen LogP contribution in [-0.2, 0) is 19.1 Å². The molecule has 2 aliphatic rings. The second-order valence-electron chi connectivity index (χ2n) is 7.86. The minimum atomic E-state index is -1.20. The van der Waals surface area contributed by atoms with Crippen LogP contribution in [0.25, 0.3) is 10.9 Å². The summed E-state index contributed by atoms with van der Waals surface area (Å²) in [5.41, 5.74) is 0.116. The number of piperidine rings is 1. The summed E-state index contributed by atoms with van der Waals surface area (Å²) in [5, 5.41) is 3.83. The number of nitrogens with one attached hydrogen (secondary N) is 1. The Bertz CT molecular complexity index is 890. The molecule has 1 aromatic carbocycles. The summed E-state index contributed by atoms with van der Waals surface area (Å²) < 4.78 is 11.4. The fraction of sp³-hybridized carbons (Fsp3) is 0.476. The maximum Gasteiger partial charge on any atom is 0.239 e. The highest BCUT2D eigenvalue weighted by Crippen LogP contribution is 2.33. The summed E-state index contributed by atoms with van der Waals surface area (Å²) in [6.45, 7) is 5.56. The van der Waals surface area contributed by atoms with E-state index in [0.29, 0.717) is 50.3 Å². The van der Waals surface area contributed by atoms with Crippen molar-refractivity contribution >= 4 is 28.4 Å². The van der Waals surface area contributed by atoms with Crippen LogP contribution in [0.2, 0.25) is 0 Å². The number of ether oxygens (including phenoxy) is 2. The Hall–Kier alpha value is -2.51. The van der Waals surface area contributed by atoms with E-state index in [4.69, 9.17) is 9.47 Å². The molecule has 1 aromatic heterocycles. The van der Waals surface area contributed by atoms with Gasteiger partial charge in [-0.2, -0.15) is 0 Å². The van der Waals surface area contributed by atoms with Crippen LogP contribution in [0.15, 0.2) is 36.5 Å². The van der Waals surface area contributed by atoms with Gasteiger partial charge in [0.1, 0.15) is 5.41 Å². The van der Waals surface area contributed by atoms with Gasteiger partial charge in [-0.1, -0.05) is 18.2 Å². The van der Waals surface area contributed by atoms with Crippen molar-refractivity contribution in [1.82, 2.24) is 9.88 Å². The number of carbonyl (C=O) groups is 2. The molecule has 3 heterocycles. The van der Waals surface area contributed by atoms with Crippen LogP contribution in [0.5, 0.6) is 0 Å². The molecule has 2 amide bonds. The van der Waals surface area contributed by atoms with E-state index < -0.39 is 11.2 Å². The third kappa shape index (κ3) is 3.36. The van der Waals surface area contributed by atoms with Crippen molar-refractivity contribution in [3.8, 4) is 0 Å². The van der Waals surface area contributed by atoms with Crippen LogP contribution in [-0.4, -0.2) is 53.8 Å². The first-order valence-electron chi connectivity index (χ1n) is 9.64. The van der Waals surface area contributed by atoms with Crippen LogP contribution in [0, 0.1) is 5.41 Å². The van der Waals surface area contributed by atoms with Gasteiger partial charge in [-0.05, 0) is 26.0 Å². The Balaban J connectivity index is 1.46. The third-order valence-electron chi connectivity index (χ3n) is 5.61. The van der Waals surface area contributed by atoms with Crippen molar-refractivity contribution in [3.05, 3.63) is 36.5 Å². The van der Waals surface area contributed by atoms with E-state index in [0.717, 1.165) is 5.39 Å². The fourth-order valence-corrected chi connectivity index (χ4v) is 3.81. The molecule has 0 bridgehead atoms. The van der Waals surface area contributed by atoms with Crippen molar-refractivity contribution in [3.63, 3.8) is 0 Å². The van der Waals surface area contributed by atoms with E-state index in [1.165, 1.54) is 0 Å². The van der Waals surface area contributed by atoms with Crippen molar-refractivity contribution < 1.29 is 19.1 Å². The van der Waals surface area contributed by atoms with Crippen molar-refractivity contribution in [2.45, 2.75) is 32.5 Å². The van der Waals surface area contributed by atoms with Crippen molar-refractivity contribution in [2.75, 3.05) is 31.6 Å². The monoisotopic (exact) mass is 383 g/mol. The number of hydrogen-bond acceptors (Lipinski definition) is 5. The summed E-state index contributed by atoms with van der Waals surface area (Å²) in [4.78, 5) is 32.1. The maximum atomic E-state index is 13.1. The summed E-state index contributed by atoms with van der Waals surface area (Å²) in [6.07, 6.45) is 2.94. The number of anilines is 1. The van der Waals surface area contributed by atoms with Crippen LogP contribution in [0.3, 0.4) is 0 Å². The predicted octanol–water partition coefficient (Wildman–Crippen LogP) is 2.57. The molecule has 1 spiro atoms. The Morgan fingerprint density at radius 3 is 2.50 bits per heavy atom. The molecule has 2 aliphatic heterocycles. The van der Waals surface area contributed by atoms with E-state index in [-0.39, 0.29) is 11.8 Å². The molecule has 0 saturated carbocycles. The number of rotatable bonds is 3. The molecule has 0 unspecified atom stereocenters. The number of benzene rings is 1. The van der Waals surface area contributed by atoms with Crippen LogP contribution in [0.4, 0.5) is 5.69 Å². The highest BCUT2D eigenvalue weighted by Gasteiger charge is 2.45. The molecule has 0 aliphatic carbocycles. The smallest absolute Gasteiger partial charge is 0.239 e. The van der Waals surface area contributed by atoms with Gasteiger partial charge in [-0.25, -0.2) is 0 Å². The van der Waals surface area contributed by atoms with E-state index in [2.05, 4.69) is 10.3 Å². The summed E-state index contributed by atoms with van der Waals surface area (Å²) in [7, 11) is 0. The summed E-state index contributed by atoms with van der Waals surface area (Å²) >= 11 is 0. The van der Waals surface area contributed by atoms with Gasteiger partial charge < -0.3 is 19.7 Å². The number of fused-ring (bicyclic) bond motifs is 1. The lowest BCUT2D eigenvalue weighted by Gasteiger charge is -2.40. The molecule has 1 N–H and O–H groups in total. The summed E-state index contributed by atoms with van der Waals surface area (Å²) in [5.74, 6) is -1.08. The average molecular weight is 383 g/mol. The first-order valence-corrected chi connectivity index (χ1v) is 9.64. The normalized spacial score (nSPS) is 19.1. The van der Waals surface area contributed by atoms with Crippen LogP contribution >= 0.6 is 0 Å². The van der Waals surface area contributed by atoms with Crippen LogP contribution < -0.4 is 5.32 Å². The number of nitrogens with zero attached hydrogens (tertiary/aromatic N) is 2. The topological polar surface area (TPSA) is 80.8 Å². The third-order valence-corrected chi connectivity index (χ3v) is 5.61. The van der Waals surface area contributed by atoms with Gasteiger partial charge in [0.15, 0.2) is 5.79 Å². The molecule has 2 fully saturated rings. The molecule has 2 saturated heterocycles. The first kappa shape index (κ1) is 18.8. The van der Waals surface area contributed by atoms with Gasteiger partial charge >= 0.3 is 0 Å². The van der Waals surface area contributed by atoms with E-state index in [1.54, 1.807) is 31.0 Å². The number of likely N-dealkylation sites (tertiary alicyclic amines) is 1. The van der Waals surface area contributed by atoms with Crippen molar-refractivity contribution in [1.29, 1.82) is 0 Å². The molecule has 0 atom stereocenters. The largest absolute Gasteiger partial charge is 0.347 e. The Kier molecular flexibility index (Phi) is 4.81. The minimum Gasteiger partial charge on any atom is -0.347 e. The van der Waals surface area contributed by atoms with Gasteiger partial charge in [0.25, 0.3) is 0 Å².